The number of hydrogen-bond acceptors (Lipinski definition) is 6. The smallest absolute Gasteiger partial charge is 0.231 e. The van der Waals surface area contributed by atoms with Crippen molar-refractivity contribution in [2.45, 2.75) is 26.9 Å². The molecule has 0 saturated heterocycles. The first-order valence-corrected chi connectivity index (χ1v) is 6.86. The van der Waals surface area contributed by atoms with Crippen molar-refractivity contribution in [1.29, 1.82) is 0 Å². The first-order valence-electron chi connectivity index (χ1n) is 6.86. The van der Waals surface area contributed by atoms with Gasteiger partial charge < -0.3 is 24.5 Å². The van der Waals surface area contributed by atoms with E-state index in [2.05, 4.69) is 5.16 Å². The Morgan fingerprint density at radius 1 is 1.24 bits per heavy atom. The zero-order chi connectivity index (χ0) is 14.8. The molecule has 21 heavy (non-hydrogen) atoms. The van der Waals surface area contributed by atoms with Crippen LogP contribution in [0.25, 0.3) is 0 Å². The lowest BCUT2D eigenvalue weighted by molar-refractivity contribution is 0.173. The molecule has 1 aromatic carbocycles. The molecule has 2 N–H and O–H groups in total. The Balaban J connectivity index is 1.84. The zero-order valence-electron chi connectivity index (χ0n) is 12.1. The zero-order valence-corrected chi connectivity index (χ0v) is 12.1. The summed E-state index contributed by atoms with van der Waals surface area (Å²) in [6, 6.07) is 3.78. The minimum Gasteiger partial charge on any atom is -0.488 e. The molecule has 0 aliphatic carbocycles. The van der Waals surface area contributed by atoms with Crippen LogP contribution in [0, 0.1) is 13.8 Å². The molecule has 1 aromatic heterocycles. The van der Waals surface area contributed by atoms with Crippen molar-refractivity contribution in [2.75, 3.05) is 13.3 Å². The number of nitrogens with zero attached hydrogens (tertiary/aromatic N) is 1. The van der Waals surface area contributed by atoms with Crippen molar-refractivity contribution in [1.82, 2.24) is 5.16 Å². The van der Waals surface area contributed by atoms with E-state index in [9.17, 15) is 0 Å². The maximum atomic E-state index is 5.93. The molecule has 112 valence electrons. The summed E-state index contributed by atoms with van der Waals surface area (Å²) < 4.78 is 21.8. The van der Waals surface area contributed by atoms with Crippen LogP contribution in [-0.4, -0.2) is 18.5 Å². The number of nitrogens with two attached hydrogens (primary N) is 1. The fraction of sp³-hybridized carbons (Fsp3) is 0.400. The number of aromatic nitrogens is 1. The molecule has 2 aromatic rings. The molecule has 0 atom stereocenters. The second-order valence-electron chi connectivity index (χ2n) is 4.94. The normalized spacial score (nSPS) is 12.7. The number of rotatable bonds is 5. The van der Waals surface area contributed by atoms with Crippen LogP contribution >= 0.6 is 0 Å². The average molecular weight is 290 g/mol. The Morgan fingerprint density at radius 3 is 2.67 bits per heavy atom. The number of ether oxygens (including phenoxy) is 3. The van der Waals surface area contributed by atoms with Gasteiger partial charge in [-0.05, 0) is 38.4 Å². The van der Waals surface area contributed by atoms with E-state index in [4.69, 9.17) is 24.5 Å². The van der Waals surface area contributed by atoms with Gasteiger partial charge in [0, 0.05) is 6.07 Å². The topological polar surface area (TPSA) is 79.7 Å². The van der Waals surface area contributed by atoms with E-state index in [1.54, 1.807) is 0 Å². The predicted octanol–water partition coefficient (Wildman–Crippen LogP) is 2.10. The van der Waals surface area contributed by atoms with Crippen LogP contribution < -0.4 is 19.9 Å². The third-order valence-corrected chi connectivity index (χ3v) is 3.52. The molecule has 0 saturated carbocycles. The minimum absolute atomic E-state index is 0.241. The van der Waals surface area contributed by atoms with E-state index in [0.29, 0.717) is 25.3 Å². The second kappa shape index (κ2) is 5.65. The van der Waals surface area contributed by atoms with Crippen LogP contribution in [0.15, 0.2) is 16.7 Å². The van der Waals surface area contributed by atoms with E-state index in [1.165, 1.54) is 0 Å². The fourth-order valence-electron chi connectivity index (χ4n) is 2.31. The predicted molar refractivity (Wildman–Crippen MR) is 75.6 cm³/mol. The maximum Gasteiger partial charge on any atom is 0.231 e. The summed E-state index contributed by atoms with van der Waals surface area (Å²) in [5, 5.41) is 3.93. The highest BCUT2D eigenvalue weighted by atomic mass is 16.7. The van der Waals surface area contributed by atoms with E-state index in [0.717, 1.165) is 34.1 Å². The van der Waals surface area contributed by atoms with Gasteiger partial charge in [-0.2, -0.15) is 0 Å². The van der Waals surface area contributed by atoms with E-state index >= 15 is 0 Å². The van der Waals surface area contributed by atoms with Crippen molar-refractivity contribution in [3.05, 3.63) is 34.7 Å². The molecular weight excluding hydrogens is 272 g/mol. The molecule has 1 aliphatic heterocycles. The number of fused-ring (bicyclic) bond motifs is 1. The van der Waals surface area contributed by atoms with Crippen LogP contribution in [0.4, 0.5) is 0 Å². The lowest BCUT2D eigenvalue weighted by Crippen LogP contribution is -2.06. The highest BCUT2D eigenvalue weighted by molar-refractivity contribution is 5.52. The van der Waals surface area contributed by atoms with Gasteiger partial charge >= 0.3 is 0 Å². The lowest BCUT2D eigenvalue weighted by atomic mass is 10.1. The molecule has 0 bridgehead atoms. The summed E-state index contributed by atoms with van der Waals surface area (Å²) >= 11 is 0. The molecule has 6 heteroatoms. The van der Waals surface area contributed by atoms with Crippen LogP contribution in [0.3, 0.4) is 0 Å². The fourth-order valence-corrected chi connectivity index (χ4v) is 2.31. The molecule has 0 spiro atoms. The van der Waals surface area contributed by atoms with Crippen molar-refractivity contribution >= 4 is 0 Å². The molecule has 0 amide bonds. The van der Waals surface area contributed by atoms with E-state index < -0.39 is 0 Å². The summed E-state index contributed by atoms with van der Waals surface area (Å²) in [6.45, 7) is 4.96. The van der Waals surface area contributed by atoms with Crippen LogP contribution in [0.5, 0.6) is 17.2 Å². The Morgan fingerprint density at radius 2 is 2.00 bits per heavy atom. The van der Waals surface area contributed by atoms with Crippen LogP contribution in [0.1, 0.15) is 22.6 Å². The van der Waals surface area contributed by atoms with Crippen LogP contribution in [0.2, 0.25) is 0 Å². The van der Waals surface area contributed by atoms with Gasteiger partial charge in [0.15, 0.2) is 11.5 Å². The molecule has 1 aliphatic rings. The van der Waals surface area contributed by atoms with Gasteiger partial charge in [-0.1, -0.05) is 5.16 Å². The van der Waals surface area contributed by atoms with Crippen molar-refractivity contribution < 1.29 is 18.7 Å². The third-order valence-electron chi connectivity index (χ3n) is 3.52. The molecule has 0 radical (unpaired) electrons. The Labute approximate surface area is 122 Å². The van der Waals surface area contributed by atoms with Gasteiger partial charge in [-0.15, -0.1) is 0 Å². The van der Waals surface area contributed by atoms with Crippen molar-refractivity contribution in [3.8, 4) is 17.2 Å². The maximum absolute atomic E-state index is 5.93. The Kier molecular flexibility index (Phi) is 3.70. The number of hydrogen-bond donors (Lipinski definition) is 1. The largest absolute Gasteiger partial charge is 0.488 e. The molecule has 2 heterocycles. The van der Waals surface area contributed by atoms with Gasteiger partial charge in [0.25, 0.3) is 0 Å². The first-order chi connectivity index (χ1) is 10.2. The Bertz CT molecular complexity index is 632. The van der Waals surface area contributed by atoms with E-state index in [-0.39, 0.29) is 6.79 Å². The Hall–Kier alpha value is -2.21. The molecule has 3 rings (SSSR count). The summed E-state index contributed by atoms with van der Waals surface area (Å²) in [5.74, 6) is 2.96. The monoisotopic (exact) mass is 290 g/mol. The SMILES string of the molecule is Cc1noc(C)c1COc1cc2c(cc1CCN)OCO2. The van der Waals surface area contributed by atoms with Gasteiger partial charge in [-0.3, -0.25) is 0 Å². The summed E-state index contributed by atoms with van der Waals surface area (Å²) in [6.07, 6.45) is 0.716. The quantitative estimate of drug-likeness (QED) is 0.908. The first kappa shape index (κ1) is 13.8. The molecule has 0 unspecified atom stereocenters. The summed E-state index contributed by atoms with van der Waals surface area (Å²) in [7, 11) is 0. The number of benzene rings is 1. The van der Waals surface area contributed by atoms with Gasteiger partial charge in [-0.25, -0.2) is 0 Å². The van der Waals surface area contributed by atoms with Gasteiger partial charge in [0.05, 0.1) is 11.3 Å². The molecular formula is C15H18N2O4. The van der Waals surface area contributed by atoms with Gasteiger partial charge in [0.2, 0.25) is 6.79 Å². The highest BCUT2D eigenvalue weighted by Crippen LogP contribution is 2.38. The van der Waals surface area contributed by atoms with Crippen LogP contribution in [-0.2, 0) is 13.0 Å². The van der Waals surface area contributed by atoms with Crippen molar-refractivity contribution in [3.63, 3.8) is 0 Å². The highest BCUT2D eigenvalue weighted by Gasteiger charge is 2.18. The molecule has 0 fully saturated rings. The summed E-state index contributed by atoms with van der Waals surface area (Å²) in [4.78, 5) is 0. The van der Waals surface area contributed by atoms with E-state index in [1.807, 2.05) is 26.0 Å². The third kappa shape index (κ3) is 2.67. The molecule has 6 nitrogen and oxygen atoms in total. The van der Waals surface area contributed by atoms with Crippen molar-refractivity contribution in [2.24, 2.45) is 5.73 Å². The van der Waals surface area contributed by atoms with Gasteiger partial charge in [0.1, 0.15) is 18.1 Å². The lowest BCUT2D eigenvalue weighted by Gasteiger charge is -2.12. The second-order valence-corrected chi connectivity index (χ2v) is 4.94. The standard InChI is InChI=1S/C15H18N2O4/c1-9-12(10(2)21-17-9)7-18-13-6-15-14(19-8-20-15)5-11(13)3-4-16/h5-6H,3-4,7-8,16H2,1-2H3. The summed E-state index contributed by atoms with van der Waals surface area (Å²) in [5.41, 5.74) is 8.47. The number of aryl methyl sites for hydroxylation is 2. The minimum atomic E-state index is 0.241. The average Bonchev–Trinajstić information content (AvgIpc) is 3.04.